The second kappa shape index (κ2) is 6.69. The highest BCUT2D eigenvalue weighted by Crippen LogP contribution is 2.30. The highest BCUT2D eigenvalue weighted by Gasteiger charge is 2.06. The van der Waals surface area contributed by atoms with Gasteiger partial charge in [0.15, 0.2) is 0 Å². The largest absolute Gasteiger partial charge is 0.431 e. The van der Waals surface area contributed by atoms with Crippen LogP contribution in [0.5, 0.6) is 10.9 Å². The van der Waals surface area contributed by atoms with E-state index in [4.69, 9.17) is 4.74 Å². The predicted octanol–water partition coefficient (Wildman–Crippen LogP) is 6.27. The van der Waals surface area contributed by atoms with Gasteiger partial charge in [0.2, 0.25) is 0 Å². The molecule has 0 fully saturated rings. The van der Waals surface area contributed by atoms with Gasteiger partial charge in [-0.15, -0.1) is 0 Å². The zero-order valence-electron chi connectivity index (χ0n) is 12.9. The maximum Gasteiger partial charge on any atom is 0.279 e. The van der Waals surface area contributed by atoms with Crippen LogP contribution in [0.1, 0.15) is 0 Å². The van der Waals surface area contributed by atoms with Gasteiger partial charge in [-0.1, -0.05) is 84.1 Å². The fraction of sp³-hybridized carbons (Fsp3) is 0. The summed E-state index contributed by atoms with van der Waals surface area (Å²) in [4.78, 5) is 4.55. The van der Waals surface area contributed by atoms with E-state index in [-0.39, 0.29) is 0 Å². The first kappa shape index (κ1) is 14.7. The second-order valence-electron chi connectivity index (χ2n) is 5.36. The van der Waals surface area contributed by atoms with Crippen LogP contribution in [0, 0.1) is 0 Å². The molecular weight excluding hydrogens is 314 g/mol. The van der Waals surface area contributed by atoms with Crippen molar-refractivity contribution in [3.05, 3.63) is 90.3 Å². The third kappa shape index (κ3) is 3.21. The number of ether oxygens (including phenoxy) is 1. The van der Waals surface area contributed by atoms with Crippen LogP contribution in [0.2, 0.25) is 0 Å². The highest BCUT2D eigenvalue weighted by molar-refractivity contribution is 7.11. The average molecular weight is 329 g/mol. The van der Waals surface area contributed by atoms with E-state index in [0.717, 1.165) is 17.0 Å². The number of aromatic nitrogens is 1. The number of rotatable bonds is 4. The summed E-state index contributed by atoms with van der Waals surface area (Å²) in [5.74, 6) is 0.795. The summed E-state index contributed by atoms with van der Waals surface area (Å²) in [5, 5.41) is 2.67. The normalized spacial score (nSPS) is 10.5. The lowest BCUT2D eigenvalue weighted by atomic mass is 10.1. The monoisotopic (exact) mass is 329 g/mol. The number of nitrogens with zero attached hydrogens (tertiary/aromatic N) is 1. The van der Waals surface area contributed by atoms with Crippen molar-refractivity contribution in [3.63, 3.8) is 0 Å². The third-order valence-electron chi connectivity index (χ3n) is 3.72. The van der Waals surface area contributed by atoms with Crippen molar-refractivity contribution in [2.75, 3.05) is 0 Å². The molecule has 1 heterocycles. The molecule has 0 spiro atoms. The lowest BCUT2D eigenvalue weighted by Crippen LogP contribution is -1.84. The summed E-state index contributed by atoms with van der Waals surface area (Å²) in [6.07, 6.45) is 0. The Hall–Kier alpha value is -2.91. The Bertz CT molecular complexity index is 915. The third-order valence-corrected chi connectivity index (χ3v) is 4.44. The Labute approximate surface area is 145 Å². The van der Waals surface area contributed by atoms with Crippen LogP contribution in [0.15, 0.2) is 90.3 Å². The van der Waals surface area contributed by atoms with Crippen LogP contribution in [-0.4, -0.2) is 4.98 Å². The molecule has 4 aromatic rings. The lowest BCUT2D eigenvalue weighted by molar-refractivity contribution is 0.479. The van der Waals surface area contributed by atoms with Gasteiger partial charge in [0.1, 0.15) is 5.75 Å². The van der Waals surface area contributed by atoms with E-state index in [9.17, 15) is 0 Å². The molecule has 0 aliphatic carbocycles. The van der Waals surface area contributed by atoms with Crippen molar-refractivity contribution >= 4 is 11.3 Å². The van der Waals surface area contributed by atoms with Crippen molar-refractivity contribution < 1.29 is 4.74 Å². The summed E-state index contributed by atoms with van der Waals surface area (Å²) in [7, 11) is 0. The molecule has 24 heavy (non-hydrogen) atoms. The van der Waals surface area contributed by atoms with E-state index < -0.39 is 0 Å². The molecule has 3 heteroatoms. The maximum absolute atomic E-state index is 5.88. The van der Waals surface area contributed by atoms with E-state index in [1.54, 1.807) is 0 Å². The molecule has 0 bridgehead atoms. The molecule has 0 radical (unpaired) electrons. The SMILES string of the molecule is c1ccc(-c2ccc(Oc3nc(-c4ccccc4)cs3)cc2)cc1. The molecule has 0 saturated heterocycles. The number of hydrogen-bond donors (Lipinski definition) is 0. The van der Waals surface area contributed by atoms with Crippen LogP contribution in [0.4, 0.5) is 0 Å². The molecule has 0 saturated carbocycles. The van der Waals surface area contributed by atoms with Crippen LogP contribution in [0.25, 0.3) is 22.4 Å². The van der Waals surface area contributed by atoms with Gasteiger partial charge in [-0.05, 0) is 23.3 Å². The lowest BCUT2D eigenvalue weighted by Gasteiger charge is -2.04. The minimum Gasteiger partial charge on any atom is -0.431 e. The number of thiazole rings is 1. The van der Waals surface area contributed by atoms with E-state index in [2.05, 4.69) is 29.2 Å². The average Bonchev–Trinajstić information content (AvgIpc) is 3.12. The first-order valence-electron chi connectivity index (χ1n) is 7.73. The fourth-order valence-corrected chi connectivity index (χ4v) is 3.19. The molecule has 4 rings (SSSR count). The zero-order valence-corrected chi connectivity index (χ0v) is 13.7. The Morgan fingerprint density at radius 2 is 1.21 bits per heavy atom. The molecule has 0 unspecified atom stereocenters. The van der Waals surface area contributed by atoms with Crippen molar-refractivity contribution in [3.8, 4) is 33.3 Å². The van der Waals surface area contributed by atoms with Gasteiger partial charge < -0.3 is 4.74 Å². The van der Waals surface area contributed by atoms with E-state index in [1.165, 1.54) is 22.5 Å². The van der Waals surface area contributed by atoms with Gasteiger partial charge in [0, 0.05) is 10.9 Å². The minimum absolute atomic E-state index is 0.654. The molecule has 0 aliphatic rings. The first-order chi connectivity index (χ1) is 11.9. The molecule has 0 atom stereocenters. The molecular formula is C21H15NOS. The molecule has 0 aliphatic heterocycles. The number of hydrogen-bond acceptors (Lipinski definition) is 3. The van der Waals surface area contributed by atoms with Crippen LogP contribution < -0.4 is 4.74 Å². The van der Waals surface area contributed by atoms with Crippen molar-refractivity contribution in [2.24, 2.45) is 0 Å². The van der Waals surface area contributed by atoms with E-state index in [0.29, 0.717) is 5.19 Å². The van der Waals surface area contributed by atoms with Crippen molar-refractivity contribution in [1.29, 1.82) is 0 Å². The van der Waals surface area contributed by atoms with Gasteiger partial charge in [-0.2, -0.15) is 0 Å². The van der Waals surface area contributed by atoms with Crippen molar-refractivity contribution in [2.45, 2.75) is 0 Å². The summed E-state index contributed by atoms with van der Waals surface area (Å²) in [5.41, 5.74) is 4.41. The van der Waals surface area contributed by atoms with E-state index >= 15 is 0 Å². The zero-order chi connectivity index (χ0) is 16.2. The van der Waals surface area contributed by atoms with Gasteiger partial charge >= 0.3 is 0 Å². The summed E-state index contributed by atoms with van der Waals surface area (Å²) in [6, 6.07) is 28.5. The standard InChI is InChI=1S/C21H15NOS/c1-3-7-16(8-4-1)17-11-13-19(14-12-17)23-21-22-20(15-24-21)18-9-5-2-6-10-18/h1-15H. The first-order valence-corrected chi connectivity index (χ1v) is 8.61. The summed E-state index contributed by atoms with van der Waals surface area (Å²) < 4.78 is 5.88. The Balaban J connectivity index is 1.51. The van der Waals surface area contributed by atoms with E-state index in [1.807, 2.05) is 66.0 Å². The second-order valence-corrected chi connectivity index (χ2v) is 6.18. The minimum atomic E-state index is 0.654. The highest BCUT2D eigenvalue weighted by atomic mass is 32.1. The van der Waals surface area contributed by atoms with Gasteiger partial charge in [0.05, 0.1) is 5.69 Å². The molecule has 3 aromatic carbocycles. The molecule has 1 aromatic heterocycles. The van der Waals surface area contributed by atoms with Gasteiger partial charge in [-0.3, -0.25) is 0 Å². The van der Waals surface area contributed by atoms with Crippen LogP contribution >= 0.6 is 11.3 Å². The predicted molar refractivity (Wildman–Crippen MR) is 99.5 cm³/mol. The smallest absolute Gasteiger partial charge is 0.279 e. The van der Waals surface area contributed by atoms with Gasteiger partial charge in [-0.25, -0.2) is 4.98 Å². The van der Waals surface area contributed by atoms with Crippen LogP contribution in [0.3, 0.4) is 0 Å². The molecule has 0 N–H and O–H groups in total. The molecule has 0 amide bonds. The summed E-state index contributed by atoms with van der Waals surface area (Å²) >= 11 is 1.51. The topological polar surface area (TPSA) is 22.1 Å². The Morgan fingerprint density at radius 1 is 0.625 bits per heavy atom. The van der Waals surface area contributed by atoms with Crippen LogP contribution in [-0.2, 0) is 0 Å². The summed E-state index contributed by atoms with van der Waals surface area (Å²) in [6.45, 7) is 0. The molecule has 116 valence electrons. The maximum atomic E-state index is 5.88. The van der Waals surface area contributed by atoms with Gasteiger partial charge in [0.25, 0.3) is 5.19 Å². The quantitative estimate of drug-likeness (QED) is 0.440. The number of benzene rings is 3. The molecule has 2 nitrogen and oxygen atoms in total. The van der Waals surface area contributed by atoms with Crippen molar-refractivity contribution in [1.82, 2.24) is 4.98 Å². The Kier molecular flexibility index (Phi) is 4.09. The Morgan fingerprint density at radius 3 is 1.88 bits per heavy atom. The fourth-order valence-electron chi connectivity index (χ4n) is 2.49.